The van der Waals surface area contributed by atoms with Crippen LogP contribution >= 0.6 is 0 Å². The minimum Gasteiger partial charge on any atom is -0.491 e. The van der Waals surface area contributed by atoms with Gasteiger partial charge in [0.05, 0.1) is 12.7 Å². The van der Waals surface area contributed by atoms with Crippen molar-refractivity contribution in [3.8, 4) is 5.88 Å². The Labute approximate surface area is 81.8 Å². The van der Waals surface area contributed by atoms with E-state index in [2.05, 4.69) is 10.3 Å². The number of aryl methyl sites for hydroxylation is 1. The average molecular weight is 189 g/mol. The fourth-order valence-corrected chi connectivity index (χ4v) is 1.25. The Bertz CT molecular complexity index is 419. The highest BCUT2D eigenvalue weighted by Gasteiger charge is 1.98. The van der Waals surface area contributed by atoms with Crippen LogP contribution in [-0.4, -0.2) is 20.1 Å². The monoisotopic (exact) mass is 189 g/mol. The van der Waals surface area contributed by atoms with Crippen LogP contribution in [0.15, 0.2) is 30.5 Å². The third kappa shape index (κ3) is 1.90. The number of benzene rings is 1. The van der Waals surface area contributed by atoms with E-state index < -0.39 is 0 Å². The molecule has 1 aromatic carbocycles. The first-order valence-corrected chi connectivity index (χ1v) is 4.39. The second-order valence-corrected chi connectivity index (χ2v) is 3.26. The third-order valence-electron chi connectivity index (χ3n) is 1.99. The fraction of sp³-hybridized carbons (Fsp3) is 0.200. The van der Waals surface area contributed by atoms with E-state index in [-0.39, 0.29) is 5.88 Å². The largest absolute Gasteiger partial charge is 0.491 e. The van der Waals surface area contributed by atoms with Gasteiger partial charge in [-0.2, -0.15) is 0 Å². The van der Waals surface area contributed by atoms with Gasteiger partial charge in [-0.05, 0) is 12.5 Å². The van der Waals surface area contributed by atoms with Crippen molar-refractivity contribution < 1.29 is 5.11 Å². The van der Waals surface area contributed by atoms with Crippen LogP contribution in [0.5, 0.6) is 5.88 Å². The highest BCUT2D eigenvalue weighted by molar-refractivity contribution is 5.21. The zero-order valence-electron chi connectivity index (χ0n) is 7.88. The van der Waals surface area contributed by atoms with Gasteiger partial charge in [-0.15, -0.1) is 0 Å². The minimum absolute atomic E-state index is 0.0443. The highest BCUT2D eigenvalue weighted by atomic mass is 16.3. The lowest BCUT2D eigenvalue weighted by Crippen LogP contribution is -2.00. The summed E-state index contributed by atoms with van der Waals surface area (Å²) < 4.78 is 1.60. The van der Waals surface area contributed by atoms with Gasteiger partial charge < -0.3 is 5.11 Å². The number of aromatic nitrogens is 3. The molecule has 0 aliphatic carbocycles. The van der Waals surface area contributed by atoms with Crippen LogP contribution in [0.25, 0.3) is 0 Å². The molecule has 4 nitrogen and oxygen atoms in total. The molecule has 0 amide bonds. The summed E-state index contributed by atoms with van der Waals surface area (Å²) in [5, 5.41) is 16.2. The molecule has 0 fully saturated rings. The molecule has 2 rings (SSSR count). The predicted octanol–water partition coefficient (Wildman–Crippen LogP) is 1.34. The molecular formula is C10H11N3O. The molecule has 0 spiro atoms. The van der Waals surface area contributed by atoms with E-state index in [0.717, 1.165) is 5.56 Å². The molecule has 1 N–H and O–H groups in total. The Hall–Kier alpha value is -1.84. The van der Waals surface area contributed by atoms with Crippen LogP contribution in [0.3, 0.4) is 0 Å². The van der Waals surface area contributed by atoms with E-state index >= 15 is 0 Å². The standard InChI is InChI=1S/C10H11N3O/c1-8-2-4-9(5-3-8)6-13-7-10(14)11-12-13/h2-5,7,14H,6H2,1H3. The second-order valence-electron chi connectivity index (χ2n) is 3.26. The van der Waals surface area contributed by atoms with Crippen molar-refractivity contribution in [3.63, 3.8) is 0 Å². The molecule has 0 saturated heterocycles. The van der Waals surface area contributed by atoms with Gasteiger partial charge in [0.1, 0.15) is 0 Å². The van der Waals surface area contributed by atoms with Crippen LogP contribution in [0.2, 0.25) is 0 Å². The summed E-state index contributed by atoms with van der Waals surface area (Å²) in [6, 6.07) is 8.17. The summed E-state index contributed by atoms with van der Waals surface area (Å²) in [5.74, 6) is -0.0443. The van der Waals surface area contributed by atoms with Crippen LogP contribution in [0.1, 0.15) is 11.1 Å². The Morgan fingerprint density at radius 1 is 1.29 bits per heavy atom. The van der Waals surface area contributed by atoms with Gasteiger partial charge in [-0.25, -0.2) is 4.68 Å². The molecule has 14 heavy (non-hydrogen) atoms. The zero-order valence-corrected chi connectivity index (χ0v) is 7.88. The molecular weight excluding hydrogens is 178 g/mol. The number of nitrogens with zero attached hydrogens (tertiary/aromatic N) is 3. The van der Waals surface area contributed by atoms with Crippen LogP contribution in [0, 0.1) is 6.92 Å². The lowest BCUT2D eigenvalue weighted by atomic mass is 10.1. The van der Waals surface area contributed by atoms with Crippen LogP contribution in [0.4, 0.5) is 0 Å². The predicted molar refractivity (Wildman–Crippen MR) is 52.0 cm³/mol. The topological polar surface area (TPSA) is 50.9 Å². The van der Waals surface area contributed by atoms with Gasteiger partial charge in [-0.3, -0.25) is 0 Å². The molecule has 2 aromatic rings. The summed E-state index contributed by atoms with van der Waals surface area (Å²) in [5.41, 5.74) is 2.37. The Balaban J connectivity index is 2.15. The van der Waals surface area contributed by atoms with Crippen molar-refractivity contribution in [2.75, 3.05) is 0 Å². The molecule has 0 bridgehead atoms. The van der Waals surface area contributed by atoms with E-state index in [9.17, 15) is 0 Å². The maximum atomic E-state index is 8.98. The van der Waals surface area contributed by atoms with Crippen molar-refractivity contribution >= 4 is 0 Å². The van der Waals surface area contributed by atoms with E-state index in [0.29, 0.717) is 6.54 Å². The molecule has 4 heteroatoms. The van der Waals surface area contributed by atoms with Crippen molar-refractivity contribution in [1.82, 2.24) is 15.0 Å². The van der Waals surface area contributed by atoms with Crippen molar-refractivity contribution in [2.24, 2.45) is 0 Å². The third-order valence-corrected chi connectivity index (χ3v) is 1.99. The number of hydrogen-bond acceptors (Lipinski definition) is 3. The van der Waals surface area contributed by atoms with Gasteiger partial charge in [0.25, 0.3) is 5.88 Å². The van der Waals surface area contributed by atoms with E-state index in [4.69, 9.17) is 5.11 Å². The van der Waals surface area contributed by atoms with E-state index in [1.165, 1.54) is 11.8 Å². The molecule has 1 aromatic heterocycles. The quantitative estimate of drug-likeness (QED) is 0.775. The first kappa shape index (κ1) is 8.74. The smallest absolute Gasteiger partial charge is 0.251 e. The van der Waals surface area contributed by atoms with Gasteiger partial charge in [0.2, 0.25) is 0 Å². The van der Waals surface area contributed by atoms with Crippen LogP contribution in [-0.2, 0) is 6.54 Å². The lowest BCUT2D eigenvalue weighted by Gasteiger charge is -2.00. The van der Waals surface area contributed by atoms with Gasteiger partial charge in [0.15, 0.2) is 0 Å². The number of hydrogen-bond donors (Lipinski definition) is 1. The first-order valence-electron chi connectivity index (χ1n) is 4.39. The fourth-order valence-electron chi connectivity index (χ4n) is 1.25. The summed E-state index contributed by atoms with van der Waals surface area (Å²) in [6.45, 7) is 2.68. The van der Waals surface area contributed by atoms with Crippen LogP contribution < -0.4 is 0 Å². The normalized spacial score (nSPS) is 10.4. The summed E-state index contributed by atoms with van der Waals surface area (Å²) in [6.07, 6.45) is 1.50. The molecule has 0 saturated carbocycles. The molecule has 0 radical (unpaired) electrons. The Morgan fingerprint density at radius 3 is 2.57 bits per heavy atom. The van der Waals surface area contributed by atoms with E-state index in [1.54, 1.807) is 4.68 Å². The summed E-state index contributed by atoms with van der Waals surface area (Å²) in [4.78, 5) is 0. The molecule has 72 valence electrons. The van der Waals surface area contributed by atoms with Gasteiger partial charge >= 0.3 is 0 Å². The van der Waals surface area contributed by atoms with Crippen molar-refractivity contribution in [2.45, 2.75) is 13.5 Å². The van der Waals surface area contributed by atoms with Crippen molar-refractivity contribution in [3.05, 3.63) is 41.6 Å². The average Bonchev–Trinajstić information content (AvgIpc) is 2.56. The van der Waals surface area contributed by atoms with E-state index in [1.807, 2.05) is 31.2 Å². The highest BCUT2D eigenvalue weighted by Crippen LogP contribution is 2.06. The minimum atomic E-state index is -0.0443. The molecule has 0 atom stereocenters. The van der Waals surface area contributed by atoms with Gasteiger partial charge in [0, 0.05) is 0 Å². The number of aromatic hydroxyl groups is 1. The summed E-state index contributed by atoms with van der Waals surface area (Å²) >= 11 is 0. The molecule has 1 heterocycles. The van der Waals surface area contributed by atoms with Gasteiger partial charge in [-0.1, -0.05) is 40.1 Å². The Morgan fingerprint density at radius 2 is 2.00 bits per heavy atom. The second kappa shape index (κ2) is 3.49. The maximum Gasteiger partial charge on any atom is 0.251 e. The molecule has 0 aliphatic heterocycles. The SMILES string of the molecule is Cc1ccc(Cn2cc(O)nn2)cc1. The summed E-state index contributed by atoms with van der Waals surface area (Å²) in [7, 11) is 0. The number of rotatable bonds is 2. The maximum absolute atomic E-state index is 8.98. The zero-order chi connectivity index (χ0) is 9.97. The first-order chi connectivity index (χ1) is 6.74. The Kier molecular flexibility index (Phi) is 2.18. The molecule has 0 aliphatic rings. The lowest BCUT2D eigenvalue weighted by molar-refractivity contribution is 0.452. The van der Waals surface area contributed by atoms with Crippen molar-refractivity contribution in [1.29, 1.82) is 0 Å². The molecule has 0 unspecified atom stereocenters.